The topological polar surface area (TPSA) is 69.7 Å². The third-order valence-corrected chi connectivity index (χ3v) is 3.78. The Morgan fingerprint density at radius 3 is 2.68 bits per heavy atom. The molecule has 0 unspecified atom stereocenters. The van der Waals surface area contributed by atoms with Gasteiger partial charge in [-0.2, -0.15) is 0 Å². The first-order valence-corrected chi connectivity index (χ1v) is 8.15. The van der Waals surface area contributed by atoms with Gasteiger partial charge in [0.15, 0.2) is 11.5 Å². The first-order valence-electron chi connectivity index (χ1n) is 7.77. The van der Waals surface area contributed by atoms with Gasteiger partial charge in [0.25, 0.3) is 5.91 Å². The number of halogens is 1. The van der Waals surface area contributed by atoms with Crippen molar-refractivity contribution in [3.05, 3.63) is 52.8 Å². The number of aromatic nitrogens is 1. The van der Waals surface area contributed by atoms with Crippen LogP contribution < -0.4 is 14.8 Å². The molecule has 1 aromatic carbocycles. The van der Waals surface area contributed by atoms with E-state index in [0.717, 1.165) is 5.56 Å². The number of nitrogens with one attached hydrogen (secondary N) is 1. The molecule has 0 radical (unpaired) electrons. The second kappa shape index (κ2) is 9.25. The SMILES string of the molecule is COCCOc1ccc([C@H](C)NC(=O)c2ccnc(Cl)c2)cc1OC. The maximum Gasteiger partial charge on any atom is 0.251 e. The number of hydrogen-bond donors (Lipinski definition) is 1. The molecule has 2 aromatic rings. The van der Waals surface area contributed by atoms with Crippen molar-refractivity contribution < 1.29 is 19.0 Å². The van der Waals surface area contributed by atoms with Crippen molar-refractivity contribution >= 4 is 17.5 Å². The largest absolute Gasteiger partial charge is 0.493 e. The van der Waals surface area contributed by atoms with Crippen molar-refractivity contribution in [2.24, 2.45) is 0 Å². The Balaban J connectivity index is 2.08. The van der Waals surface area contributed by atoms with Gasteiger partial charge in [0.05, 0.1) is 19.8 Å². The van der Waals surface area contributed by atoms with Gasteiger partial charge in [0.1, 0.15) is 11.8 Å². The van der Waals surface area contributed by atoms with Crippen molar-refractivity contribution in [1.82, 2.24) is 10.3 Å². The molecule has 1 N–H and O–H groups in total. The second-order valence-electron chi connectivity index (χ2n) is 5.31. The number of nitrogens with zero attached hydrogens (tertiary/aromatic N) is 1. The number of pyridine rings is 1. The molecule has 134 valence electrons. The van der Waals surface area contributed by atoms with Crippen LogP contribution in [0.5, 0.6) is 11.5 Å². The average molecular weight is 365 g/mol. The first-order chi connectivity index (χ1) is 12.0. The minimum Gasteiger partial charge on any atom is -0.493 e. The third kappa shape index (κ3) is 5.34. The highest BCUT2D eigenvalue weighted by molar-refractivity contribution is 6.29. The zero-order chi connectivity index (χ0) is 18.2. The van der Waals surface area contributed by atoms with E-state index in [4.69, 9.17) is 25.8 Å². The molecule has 0 aliphatic rings. The molecule has 7 heteroatoms. The van der Waals surface area contributed by atoms with Gasteiger partial charge >= 0.3 is 0 Å². The van der Waals surface area contributed by atoms with E-state index in [2.05, 4.69) is 10.3 Å². The Bertz CT molecular complexity index is 724. The first kappa shape index (κ1) is 19.0. The molecule has 1 atom stereocenters. The van der Waals surface area contributed by atoms with E-state index in [9.17, 15) is 4.79 Å². The summed E-state index contributed by atoms with van der Waals surface area (Å²) in [6.07, 6.45) is 1.50. The van der Waals surface area contributed by atoms with E-state index in [1.165, 1.54) is 12.3 Å². The van der Waals surface area contributed by atoms with Gasteiger partial charge in [-0.25, -0.2) is 4.98 Å². The van der Waals surface area contributed by atoms with Gasteiger partial charge in [-0.05, 0) is 36.8 Å². The summed E-state index contributed by atoms with van der Waals surface area (Å²) >= 11 is 5.82. The minimum absolute atomic E-state index is 0.221. The monoisotopic (exact) mass is 364 g/mol. The van der Waals surface area contributed by atoms with E-state index in [1.807, 2.05) is 25.1 Å². The highest BCUT2D eigenvalue weighted by Crippen LogP contribution is 2.30. The number of carbonyl (C=O) groups excluding carboxylic acids is 1. The van der Waals surface area contributed by atoms with Gasteiger partial charge in [-0.3, -0.25) is 4.79 Å². The Labute approximate surface area is 152 Å². The molecule has 0 aliphatic heterocycles. The fourth-order valence-electron chi connectivity index (χ4n) is 2.21. The van der Waals surface area contributed by atoms with E-state index in [-0.39, 0.29) is 17.1 Å². The molecule has 1 heterocycles. The number of carbonyl (C=O) groups is 1. The summed E-state index contributed by atoms with van der Waals surface area (Å²) < 4.78 is 15.9. The van der Waals surface area contributed by atoms with Gasteiger partial charge in [0.2, 0.25) is 0 Å². The summed E-state index contributed by atoms with van der Waals surface area (Å²) in [5.41, 5.74) is 1.35. The Morgan fingerprint density at radius 1 is 1.20 bits per heavy atom. The van der Waals surface area contributed by atoms with Crippen LogP contribution in [-0.4, -0.2) is 38.3 Å². The maximum absolute atomic E-state index is 12.3. The van der Waals surface area contributed by atoms with Crippen LogP contribution in [0.1, 0.15) is 28.9 Å². The predicted octanol–water partition coefficient (Wildman–Crippen LogP) is 3.26. The number of benzene rings is 1. The summed E-state index contributed by atoms with van der Waals surface area (Å²) in [7, 11) is 3.19. The quantitative estimate of drug-likeness (QED) is 0.575. The van der Waals surface area contributed by atoms with Crippen LogP contribution in [0.2, 0.25) is 5.15 Å². The van der Waals surface area contributed by atoms with Crippen molar-refractivity contribution in [3.8, 4) is 11.5 Å². The standard InChI is InChI=1S/C18H21ClN2O4/c1-12(21-18(22)14-6-7-20-17(19)11-14)13-4-5-15(16(10-13)24-3)25-9-8-23-2/h4-7,10-12H,8-9H2,1-3H3,(H,21,22)/t12-/m0/s1. The van der Waals surface area contributed by atoms with E-state index in [0.29, 0.717) is 30.3 Å². The van der Waals surface area contributed by atoms with E-state index >= 15 is 0 Å². The normalized spacial score (nSPS) is 11.7. The molecule has 0 bridgehead atoms. The molecular weight excluding hydrogens is 344 g/mol. The molecule has 6 nitrogen and oxygen atoms in total. The van der Waals surface area contributed by atoms with E-state index < -0.39 is 0 Å². The Morgan fingerprint density at radius 2 is 2.00 bits per heavy atom. The smallest absolute Gasteiger partial charge is 0.251 e. The zero-order valence-electron chi connectivity index (χ0n) is 14.4. The van der Waals surface area contributed by atoms with Crippen LogP contribution in [0.3, 0.4) is 0 Å². The molecule has 0 fully saturated rings. The minimum atomic E-state index is -0.226. The van der Waals surface area contributed by atoms with Gasteiger partial charge in [0, 0.05) is 18.9 Å². The number of amides is 1. The summed E-state index contributed by atoms with van der Waals surface area (Å²) in [4.78, 5) is 16.2. The average Bonchev–Trinajstić information content (AvgIpc) is 2.62. The van der Waals surface area contributed by atoms with Crippen LogP contribution in [-0.2, 0) is 4.74 Å². The van der Waals surface area contributed by atoms with Crippen LogP contribution >= 0.6 is 11.6 Å². The van der Waals surface area contributed by atoms with Crippen LogP contribution in [0.4, 0.5) is 0 Å². The lowest BCUT2D eigenvalue weighted by Crippen LogP contribution is -2.26. The molecule has 0 saturated carbocycles. The number of ether oxygens (including phenoxy) is 3. The molecule has 0 aliphatic carbocycles. The lowest BCUT2D eigenvalue weighted by Gasteiger charge is -2.17. The molecular formula is C18H21ClN2O4. The molecule has 25 heavy (non-hydrogen) atoms. The number of methoxy groups -OCH3 is 2. The van der Waals surface area contributed by atoms with Crippen LogP contribution in [0, 0.1) is 0 Å². The molecule has 1 aromatic heterocycles. The van der Waals surface area contributed by atoms with E-state index in [1.54, 1.807) is 20.3 Å². The van der Waals surface area contributed by atoms with Gasteiger partial charge < -0.3 is 19.5 Å². The van der Waals surface area contributed by atoms with Gasteiger partial charge in [-0.1, -0.05) is 17.7 Å². The fraction of sp³-hybridized carbons (Fsp3) is 0.333. The van der Waals surface area contributed by atoms with Gasteiger partial charge in [-0.15, -0.1) is 0 Å². The third-order valence-electron chi connectivity index (χ3n) is 3.57. The predicted molar refractivity (Wildman–Crippen MR) is 95.5 cm³/mol. The molecule has 0 saturated heterocycles. The van der Waals surface area contributed by atoms with Crippen LogP contribution in [0.25, 0.3) is 0 Å². The Hall–Kier alpha value is -2.31. The van der Waals surface area contributed by atoms with Crippen molar-refractivity contribution in [2.45, 2.75) is 13.0 Å². The number of rotatable bonds is 8. The molecule has 1 amide bonds. The van der Waals surface area contributed by atoms with Crippen molar-refractivity contribution in [2.75, 3.05) is 27.4 Å². The highest BCUT2D eigenvalue weighted by Gasteiger charge is 2.14. The maximum atomic E-state index is 12.3. The van der Waals surface area contributed by atoms with Crippen molar-refractivity contribution in [1.29, 1.82) is 0 Å². The summed E-state index contributed by atoms with van der Waals surface area (Å²) in [6.45, 7) is 2.81. The summed E-state index contributed by atoms with van der Waals surface area (Å²) in [5.74, 6) is 1.00. The number of hydrogen-bond acceptors (Lipinski definition) is 5. The lowest BCUT2D eigenvalue weighted by molar-refractivity contribution is 0.0939. The lowest BCUT2D eigenvalue weighted by atomic mass is 10.1. The Kier molecular flexibility index (Phi) is 7.03. The molecule has 0 spiro atoms. The molecule has 2 rings (SSSR count). The van der Waals surface area contributed by atoms with Crippen molar-refractivity contribution in [3.63, 3.8) is 0 Å². The second-order valence-corrected chi connectivity index (χ2v) is 5.70. The van der Waals surface area contributed by atoms with Crippen LogP contribution in [0.15, 0.2) is 36.5 Å². The highest BCUT2D eigenvalue weighted by atomic mass is 35.5. The summed E-state index contributed by atoms with van der Waals surface area (Å²) in [5, 5.41) is 3.20. The summed E-state index contributed by atoms with van der Waals surface area (Å²) in [6, 6.07) is 8.46. The fourth-order valence-corrected chi connectivity index (χ4v) is 2.39. The zero-order valence-corrected chi connectivity index (χ0v) is 15.2.